The number of ether oxygens (including phenoxy) is 1. The molecule has 1 fully saturated rings. The Labute approximate surface area is 90.6 Å². The van der Waals surface area contributed by atoms with Crippen molar-refractivity contribution in [3.05, 3.63) is 29.8 Å². The highest BCUT2D eigenvalue weighted by Crippen LogP contribution is 2.39. The molecule has 0 unspecified atom stereocenters. The van der Waals surface area contributed by atoms with E-state index in [1.165, 1.54) is 18.4 Å². The summed E-state index contributed by atoms with van der Waals surface area (Å²) in [6, 6.07) is 8.49. The molecule has 0 spiro atoms. The van der Waals surface area contributed by atoms with Crippen LogP contribution in [-0.2, 0) is 0 Å². The molecule has 1 N–H and O–H groups in total. The normalized spacial score (nSPS) is 29.6. The second kappa shape index (κ2) is 3.86. The van der Waals surface area contributed by atoms with E-state index in [9.17, 15) is 0 Å². The van der Waals surface area contributed by atoms with Gasteiger partial charge in [0.05, 0.1) is 6.61 Å². The molecule has 0 radical (unpaired) electrons. The molecule has 80 valence electrons. The van der Waals surface area contributed by atoms with E-state index in [1.54, 1.807) is 0 Å². The van der Waals surface area contributed by atoms with Crippen LogP contribution in [-0.4, -0.2) is 19.7 Å². The zero-order valence-corrected chi connectivity index (χ0v) is 8.91. The van der Waals surface area contributed by atoms with Crippen LogP contribution < -0.4 is 10.1 Å². The Hall–Kier alpha value is -1.02. The summed E-state index contributed by atoms with van der Waals surface area (Å²) in [7, 11) is 0. The fourth-order valence-corrected chi connectivity index (χ4v) is 2.79. The third kappa shape index (κ3) is 1.63. The minimum atomic E-state index is 0.664. The van der Waals surface area contributed by atoms with Crippen molar-refractivity contribution in [3.8, 4) is 5.75 Å². The molecule has 0 aromatic heterocycles. The van der Waals surface area contributed by atoms with Gasteiger partial charge in [0.1, 0.15) is 5.75 Å². The van der Waals surface area contributed by atoms with Gasteiger partial charge in [-0.1, -0.05) is 18.2 Å². The van der Waals surface area contributed by atoms with Crippen molar-refractivity contribution >= 4 is 0 Å². The van der Waals surface area contributed by atoms with Gasteiger partial charge < -0.3 is 10.1 Å². The van der Waals surface area contributed by atoms with E-state index in [2.05, 4.69) is 29.6 Å². The summed E-state index contributed by atoms with van der Waals surface area (Å²) in [4.78, 5) is 0. The molecule has 0 bridgehead atoms. The van der Waals surface area contributed by atoms with Crippen LogP contribution in [0.2, 0.25) is 0 Å². The van der Waals surface area contributed by atoms with Crippen molar-refractivity contribution < 1.29 is 4.74 Å². The zero-order valence-electron chi connectivity index (χ0n) is 8.91. The van der Waals surface area contributed by atoms with E-state index >= 15 is 0 Å². The minimum absolute atomic E-state index is 0.664. The minimum Gasteiger partial charge on any atom is -0.493 e. The lowest BCUT2D eigenvalue weighted by atomic mass is 9.82. The van der Waals surface area contributed by atoms with Crippen LogP contribution in [0.25, 0.3) is 0 Å². The van der Waals surface area contributed by atoms with Gasteiger partial charge in [-0.3, -0.25) is 0 Å². The molecule has 15 heavy (non-hydrogen) atoms. The van der Waals surface area contributed by atoms with Gasteiger partial charge in [-0.25, -0.2) is 0 Å². The number of fused-ring (bicyclic) bond motifs is 3. The van der Waals surface area contributed by atoms with Crippen LogP contribution in [0.4, 0.5) is 0 Å². The predicted octanol–water partition coefficient (Wildman–Crippen LogP) is 2.16. The maximum absolute atomic E-state index is 5.82. The average Bonchev–Trinajstić information content (AvgIpc) is 2.54. The highest BCUT2D eigenvalue weighted by atomic mass is 16.5. The number of rotatable bonds is 0. The molecular formula is C13H17NO. The first-order valence-corrected chi connectivity index (χ1v) is 5.87. The van der Waals surface area contributed by atoms with Gasteiger partial charge >= 0.3 is 0 Å². The van der Waals surface area contributed by atoms with Crippen LogP contribution in [0.1, 0.15) is 24.3 Å². The SMILES string of the molecule is c1ccc2c(c1)OC[C@H]1CCCNC[C@H]21. The maximum atomic E-state index is 5.82. The molecule has 1 aromatic carbocycles. The lowest BCUT2D eigenvalue weighted by Gasteiger charge is -2.32. The van der Waals surface area contributed by atoms with Crippen molar-refractivity contribution in [2.75, 3.05) is 19.7 Å². The summed E-state index contributed by atoms with van der Waals surface area (Å²) in [5.74, 6) is 2.48. The van der Waals surface area contributed by atoms with Crippen LogP contribution in [0.5, 0.6) is 5.75 Å². The van der Waals surface area contributed by atoms with Crippen molar-refractivity contribution in [2.45, 2.75) is 18.8 Å². The highest BCUT2D eigenvalue weighted by molar-refractivity contribution is 5.38. The summed E-state index contributed by atoms with van der Waals surface area (Å²) in [5.41, 5.74) is 1.41. The molecule has 0 amide bonds. The summed E-state index contributed by atoms with van der Waals surface area (Å²) in [6.45, 7) is 3.18. The fourth-order valence-electron chi connectivity index (χ4n) is 2.79. The summed E-state index contributed by atoms with van der Waals surface area (Å²) in [6.07, 6.45) is 2.58. The van der Waals surface area contributed by atoms with E-state index in [4.69, 9.17) is 4.74 Å². The van der Waals surface area contributed by atoms with Gasteiger partial charge in [0, 0.05) is 18.4 Å². The third-order valence-corrected chi connectivity index (χ3v) is 3.63. The summed E-state index contributed by atoms with van der Waals surface area (Å²) in [5, 5.41) is 3.53. The van der Waals surface area contributed by atoms with Crippen LogP contribution in [0, 0.1) is 5.92 Å². The first-order valence-electron chi connectivity index (χ1n) is 5.87. The molecule has 1 aromatic rings. The quantitative estimate of drug-likeness (QED) is 0.697. The molecule has 2 atom stereocenters. The van der Waals surface area contributed by atoms with Crippen molar-refractivity contribution in [2.24, 2.45) is 5.92 Å². The molecule has 2 aliphatic heterocycles. The number of benzene rings is 1. The number of hydrogen-bond acceptors (Lipinski definition) is 2. The lowest BCUT2D eigenvalue weighted by molar-refractivity contribution is 0.190. The molecule has 1 saturated heterocycles. The lowest BCUT2D eigenvalue weighted by Crippen LogP contribution is -2.30. The van der Waals surface area contributed by atoms with Gasteiger partial charge in [0.2, 0.25) is 0 Å². The van der Waals surface area contributed by atoms with E-state index in [0.717, 1.165) is 31.4 Å². The van der Waals surface area contributed by atoms with E-state index in [1.807, 2.05) is 0 Å². The molecule has 2 heteroatoms. The molecule has 2 heterocycles. The molecule has 3 rings (SSSR count). The second-order valence-corrected chi connectivity index (χ2v) is 4.56. The third-order valence-electron chi connectivity index (χ3n) is 3.63. The van der Waals surface area contributed by atoms with Crippen LogP contribution in [0.15, 0.2) is 24.3 Å². The topological polar surface area (TPSA) is 21.3 Å². The van der Waals surface area contributed by atoms with E-state index < -0.39 is 0 Å². The zero-order chi connectivity index (χ0) is 10.1. The van der Waals surface area contributed by atoms with Gasteiger partial charge in [-0.05, 0) is 31.0 Å². The average molecular weight is 203 g/mol. The molecular weight excluding hydrogens is 186 g/mol. The second-order valence-electron chi connectivity index (χ2n) is 4.56. The van der Waals surface area contributed by atoms with Crippen LogP contribution in [0.3, 0.4) is 0 Å². The largest absolute Gasteiger partial charge is 0.493 e. The Morgan fingerprint density at radius 1 is 1.27 bits per heavy atom. The molecule has 2 aliphatic rings. The Kier molecular flexibility index (Phi) is 2.37. The van der Waals surface area contributed by atoms with E-state index in [0.29, 0.717) is 5.92 Å². The first-order chi connectivity index (χ1) is 7.45. The fraction of sp³-hybridized carbons (Fsp3) is 0.538. The number of hydrogen-bond donors (Lipinski definition) is 1. The first kappa shape index (κ1) is 9.22. The Bertz CT molecular complexity index is 350. The summed E-state index contributed by atoms with van der Waals surface area (Å²) < 4.78 is 5.82. The van der Waals surface area contributed by atoms with Gasteiger partial charge in [0.25, 0.3) is 0 Å². The predicted molar refractivity (Wildman–Crippen MR) is 60.3 cm³/mol. The van der Waals surface area contributed by atoms with Crippen molar-refractivity contribution in [1.29, 1.82) is 0 Å². The molecule has 0 saturated carbocycles. The molecule has 2 nitrogen and oxygen atoms in total. The highest BCUT2D eigenvalue weighted by Gasteiger charge is 2.31. The monoisotopic (exact) mass is 203 g/mol. The van der Waals surface area contributed by atoms with Gasteiger partial charge in [-0.15, -0.1) is 0 Å². The number of para-hydroxylation sites is 1. The Balaban J connectivity index is 1.96. The molecule has 0 aliphatic carbocycles. The van der Waals surface area contributed by atoms with Gasteiger partial charge in [-0.2, -0.15) is 0 Å². The maximum Gasteiger partial charge on any atom is 0.122 e. The van der Waals surface area contributed by atoms with Crippen molar-refractivity contribution in [1.82, 2.24) is 5.32 Å². The van der Waals surface area contributed by atoms with Gasteiger partial charge in [0.15, 0.2) is 0 Å². The number of nitrogens with one attached hydrogen (secondary N) is 1. The Morgan fingerprint density at radius 2 is 2.20 bits per heavy atom. The van der Waals surface area contributed by atoms with E-state index in [-0.39, 0.29) is 0 Å². The van der Waals surface area contributed by atoms with Crippen molar-refractivity contribution in [3.63, 3.8) is 0 Å². The smallest absolute Gasteiger partial charge is 0.122 e. The Morgan fingerprint density at radius 3 is 3.20 bits per heavy atom. The summed E-state index contributed by atoms with van der Waals surface area (Å²) >= 11 is 0. The van der Waals surface area contributed by atoms with Crippen LogP contribution >= 0.6 is 0 Å². The standard InChI is InChI=1S/C13H17NO/c1-2-6-13-11(5-1)12-8-14-7-3-4-10(12)9-15-13/h1-2,5-6,10,12,14H,3-4,7-9H2/t10-,12+/m1/s1.